The van der Waals surface area contributed by atoms with E-state index in [0.717, 1.165) is 5.56 Å². The van der Waals surface area contributed by atoms with E-state index in [1.165, 1.54) is 5.56 Å². The van der Waals surface area contributed by atoms with Crippen LogP contribution in [0.2, 0.25) is 0 Å². The monoisotopic (exact) mass is 292 g/mol. The zero-order chi connectivity index (χ0) is 16.0. The van der Waals surface area contributed by atoms with Gasteiger partial charge in [0.1, 0.15) is 0 Å². The van der Waals surface area contributed by atoms with E-state index in [9.17, 15) is 9.90 Å². The second-order valence-electron chi connectivity index (χ2n) is 6.71. The Hall–Kier alpha value is -1.39. The number of amides is 1. The normalized spacial score (nSPS) is 14.6. The van der Waals surface area contributed by atoms with E-state index in [1.54, 1.807) is 0 Å². The minimum atomic E-state index is -0.682. The molecule has 0 spiro atoms. The Balaban J connectivity index is 2.49. The molecule has 1 aromatic carbocycles. The van der Waals surface area contributed by atoms with Crippen LogP contribution in [0, 0.1) is 0 Å². The summed E-state index contributed by atoms with van der Waals surface area (Å²) in [5.74, 6) is -0.0716. The van der Waals surface area contributed by atoms with E-state index in [2.05, 4.69) is 26.1 Å². The number of hydrogen-bond acceptors (Lipinski definition) is 3. The van der Waals surface area contributed by atoms with E-state index < -0.39 is 6.10 Å². The van der Waals surface area contributed by atoms with Crippen LogP contribution in [-0.4, -0.2) is 23.6 Å². The number of aliphatic hydroxyl groups excluding tert-OH is 1. The number of hydrogen-bond donors (Lipinski definition) is 3. The standard InChI is InChI=1S/C17H28N2O2/c1-12(18)5-10-16(21)19-11-15(20)13-6-8-14(9-7-13)17(2,3)4/h6-9,12,15,20H,5,10-11,18H2,1-4H3,(H,19,21). The minimum Gasteiger partial charge on any atom is -0.387 e. The molecule has 1 amide bonds. The summed E-state index contributed by atoms with van der Waals surface area (Å²) in [6.45, 7) is 8.55. The third kappa shape index (κ3) is 6.27. The number of aliphatic hydroxyl groups is 1. The quantitative estimate of drug-likeness (QED) is 0.753. The molecule has 0 fully saturated rings. The highest BCUT2D eigenvalue weighted by molar-refractivity contribution is 5.75. The molecule has 1 aromatic rings. The smallest absolute Gasteiger partial charge is 0.220 e. The Kier molecular flexibility index (Phi) is 6.37. The van der Waals surface area contributed by atoms with Crippen LogP contribution in [0.15, 0.2) is 24.3 Å². The Morgan fingerprint density at radius 3 is 2.33 bits per heavy atom. The molecule has 0 bridgehead atoms. The van der Waals surface area contributed by atoms with Crippen LogP contribution >= 0.6 is 0 Å². The summed E-state index contributed by atoms with van der Waals surface area (Å²) in [6.07, 6.45) is 0.369. The molecular weight excluding hydrogens is 264 g/mol. The Morgan fingerprint density at radius 1 is 1.29 bits per heavy atom. The van der Waals surface area contributed by atoms with Crippen molar-refractivity contribution < 1.29 is 9.90 Å². The number of carbonyl (C=O) groups excluding carboxylic acids is 1. The lowest BCUT2D eigenvalue weighted by Crippen LogP contribution is -2.29. The van der Waals surface area contributed by atoms with Gasteiger partial charge in [0.2, 0.25) is 5.91 Å². The first-order valence-corrected chi connectivity index (χ1v) is 7.51. The molecule has 1 rings (SSSR count). The number of rotatable bonds is 6. The Labute approximate surface area is 127 Å². The summed E-state index contributed by atoms with van der Waals surface area (Å²) in [5.41, 5.74) is 7.74. The Morgan fingerprint density at radius 2 is 1.86 bits per heavy atom. The van der Waals surface area contributed by atoms with Crippen LogP contribution in [0.25, 0.3) is 0 Å². The highest BCUT2D eigenvalue weighted by Gasteiger charge is 2.15. The van der Waals surface area contributed by atoms with Gasteiger partial charge in [-0.3, -0.25) is 4.79 Å². The first-order chi connectivity index (χ1) is 9.70. The van der Waals surface area contributed by atoms with Gasteiger partial charge in [-0.25, -0.2) is 0 Å². The van der Waals surface area contributed by atoms with Gasteiger partial charge < -0.3 is 16.2 Å². The molecule has 0 radical (unpaired) electrons. The average molecular weight is 292 g/mol. The van der Waals surface area contributed by atoms with Crippen molar-refractivity contribution in [2.45, 2.75) is 58.1 Å². The van der Waals surface area contributed by atoms with E-state index in [0.29, 0.717) is 12.8 Å². The highest BCUT2D eigenvalue weighted by Crippen LogP contribution is 2.23. The van der Waals surface area contributed by atoms with Crippen molar-refractivity contribution in [3.05, 3.63) is 35.4 Å². The maximum Gasteiger partial charge on any atom is 0.220 e. The van der Waals surface area contributed by atoms with Gasteiger partial charge in [0.05, 0.1) is 6.10 Å². The number of carbonyl (C=O) groups is 1. The molecule has 4 N–H and O–H groups in total. The molecule has 0 saturated carbocycles. The number of nitrogens with one attached hydrogen (secondary N) is 1. The first-order valence-electron chi connectivity index (χ1n) is 7.51. The van der Waals surface area contributed by atoms with Crippen LogP contribution in [0.4, 0.5) is 0 Å². The first kappa shape index (κ1) is 17.7. The molecule has 21 heavy (non-hydrogen) atoms. The van der Waals surface area contributed by atoms with Crippen molar-refractivity contribution in [2.75, 3.05) is 6.54 Å². The lowest BCUT2D eigenvalue weighted by molar-refractivity contribution is -0.121. The van der Waals surface area contributed by atoms with Crippen molar-refractivity contribution >= 4 is 5.91 Å². The minimum absolute atomic E-state index is 0.0191. The van der Waals surface area contributed by atoms with Crippen LogP contribution < -0.4 is 11.1 Å². The lowest BCUT2D eigenvalue weighted by atomic mass is 9.86. The largest absolute Gasteiger partial charge is 0.387 e. The molecule has 0 aromatic heterocycles. The molecule has 4 nitrogen and oxygen atoms in total. The van der Waals surface area contributed by atoms with E-state index in [-0.39, 0.29) is 23.9 Å². The lowest BCUT2D eigenvalue weighted by Gasteiger charge is -2.20. The maximum absolute atomic E-state index is 11.6. The van der Waals surface area contributed by atoms with E-state index >= 15 is 0 Å². The van der Waals surface area contributed by atoms with Crippen molar-refractivity contribution in [2.24, 2.45) is 5.73 Å². The summed E-state index contributed by atoms with van der Waals surface area (Å²) < 4.78 is 0. The zero-order valence-electron chi connectivity index (χ0n) is 13.5. The predicted molar refractivity (Wildman–Crippen MR) is 86.0 cm³/mol. The van der Waals surface area contributed by atoms with Gasteiger partial charge in [-0.15, -0.1) is 0 Å². The van der Waals surface area contributed by atoms with Crippen molar-refractivity contribution in [3.8, 4) is 0 Å². The second kappa shape index (κ2) is 7.57. The number of benzene rings is 1. The summed E-state index contributed by atoms with van der Waals surface area (Å²) >= 11 is 0. The second-order valence-corrected chi connectivity index (χ2v) is 6.71. The molecule has 0 aliphatic carbocycles. The molecule has 2 atom stereocenters. The van der Waals surface area contributed by atoms with Crippen molar-refractivity contribution in [1.82, 2.24) is 5.32 Å². The molecule has 2 unspecified atom stereocenters. The van der Waals surface area contributed by atoms with Crippen molar-refractivity contribution in [3.63, 3.8) is 0 Å². The maximum atomic E-state index is 11.6. The summed E-state index contributed by atoms with van der Waals surface area (Å²) in [6, 6.07) is 7.90. The third-order valence-corrected chi connectivity index (χ3v) is 3.48. The molecule has 0 aliphatic heterocycles. The van der Waals surface area contributed by atoms with Crippen LogP contribution in [0.1, 0.15) is 57.8 Å². The molecular formula is C17H28N2O2. The predicted octanol–water partition coefficient (Wildman–Crippen LogP) is 2.26. The molecule has 4 heteroatoms. The molecule has 118 valence electrons. The fourth-order valence-electron chi connectivity index (χ4n) is 1.98. The van der Waals surface area contributed by atoms with Gasteiger partial charge in [-0.2, -0.15) is 0 Å². The molecule has 0 aliphatic rings. The summed E-state index contributed by atoms with van der Waals surface area (Å²) in [5, 5.41) is 12.8. The zero-order valence-corrected chi connectivity index (χ0v) is 13.5. The van der Waals surface area contributed by atoms with E-state index in [4.69, 9.17) is 5.73 Å². The third-order valence-electron chi connectivity index (χ3n) is 3.48. The Bertz CT molecular complexity index is 447. The average Bonchev–Trinajstić information content (AvgIpc) is 2.41. The van der Waals surface area contributed by atoms with Gasteiger partial charge in [0.15, 0.2) is 0 Å². The van der Waals surface area contributed by atoms with Crippen LogP contribution in [0.5, 0.6) is 0 Å². The van der Waals surface area contributed by atoms with Crippen molar-refractivity contribution in [1.29, 1.82) is 0 Å². The fraction of sp³-hybridized carbons (Fsp3) is 0.588. The SMILES string of the molecule is CC(N)CCC(=O)NCC(O)c1ccc(C(C)(C)C)cc1. The summed E-state index contributed by atoms with van der Waals surface area (Å²) in [7, 11) is 0. The van der Waals surface area contributed by atoms with Gasteiger partial charge in [-0.05, 0) is 29.9 Å². The van der Waals surface area contributed by atoms with E-state index in [1.807, 2.05) is 31.2 Å². The van der Waals surface area contributed by atoms with Gasteiger partial charge >= 0.3 is 0 Å². The topological polar surface area (TPSA) is 75.4 Å². The van der Waals surface area contributed by atoms with Gasteiger partial charge in [0, 0.05) is 19.0 Å². The van der Waals surface area contributed by atoms with Gasteiger partial charge in [0.25, 0.3) is 0 Å². The molecule has 0 saturated heterocycles. The van der Waals surface area contributed by atoms with Crippen LogP contribution in [0.3, 0.4) is 0 Å². The van der Waals surface area contributed by atoms with Gasteiger partial charge in [-0.1, -0.05) is 45.0 Å². The highest BCUT2D eigenvalue weighted by atomic mass is 16.3. The molecule has 0 heterocycles. The fourth-order valence-corrected chi connectivity index (χ4v) is 1.98. The van der Waals surface area contributed by atoms with Crippen LogP contribution in [-0.2, 0) is 10.2 Å². The number of nitrogens with two attached hydrogens (primary N) is 1. The summed E-state index contributed by atoms with van der Waals surface area (Å²) in [4.78, 5) is 11.6.